The average Bonchev–Trinajstić information content (AvgIpc) is 2.79. The lowest BCUT2D eigenvalue weighted by Gasteiger charge is -2.18. The number of carbonyl (C=O) groups excluding carboxylic acids is 3. The molecule has 0 saturated carbocycles. The summed E-state index contributed by atoms with van der Waals surface area (Å²) in [7, 11) is 0. The van der Waals surface area contributed by atoms with Crippen molar-refractivity contribution >= 4 is 39.4 Å². The molecule has 0 N–H and O–H groups in total. The van der Waals surface area contributed by atoms with Gasteiger partial charge in [-0.25, -0.2) is 14.1 Å². The Bertz CT molecular complexity index is 788. The molecule has 3 rings (SSSR count). The van der Waals surface area contributed by atoms with Crippen molar-refractivity contribution < 1.29 is 23.5 Å². The molecule has 1 heterocycles. The second-order valence-electron chi connectivity index (χ2n) is 6.35. The largest absolute Gasteiger partial charge is 0.459 e. The third-order valence-electron chi connectivity index (χ3n) is 4.23. The summed E-state index contributed by atoms with van der Waals surface area (Å²) in [5, 5.41) is 0. The summed E-state index contributed by atoms with van der Waals surface area (Å²) in [5.41, 5.74) is 0.772. The van der Waals surface area contributed by atoms with Gasteiger partial charge in [-0.2, -0.15) is 0 Å². The molecule has 2 amide bonds. The molecule has 0 bridgehead atoms. The van der Waals surface area contributed by atoms with E-state index in [2.05, 4.69) is 15.9 Å². The highest BCUT2D eigenvalue weighted by Crippen LogP contribution is 2.38. The number of carbonyl (C=O) groups is 3. The third kappa shape index (κ3) is 3.13. The van der Waals surface area contributed by atoms with Gasteiger partial charge in [-0.3, -0.25) is 9.59 Å². The van der Waals surface area contributed by atoms with Gasteiger partial charge in [0.25, 0.3) is 11.8 Å². The number of ether oxygens (including phenoxy) is 1. The third-order valence-corrected chi connectivity index (χ3v) is 4.89. The van der Waals surface area contributed by atoms with Crippen LogP contribution in [-0.4, -0.2) is 23.9 Å². The number of esters is 1. The van der Waals surface area contributed by atoms with Crippen molar-refractivity contribution in [3.8, 4) is 0 Å². The van der Waals surface area contributed by atoms with Gasteiger partial charge in [0, 0.05) is 15.6 Å². The topological polar surface area (TPSA) is 63.7 Å². The maximum absolute atomic E-state index is 14.5. The molecule has 2 aliphatic rings. The van der Waals surface area contributed by atoms with Crippen molar-refractivity contribution in [1.29, 1.82) is 0 Å². The fourth-order valence-corrected chi connectivity index (χ4v) is 3.58. The van der Waals surface area contributed by atoms with Gasteiger partial charge >= 0.3 is 5.97 Å². The molecule has 0 atom stereocenters. The van der Waals surface area contributed by atoms with E-state index in [9.17, 15) is 18.8 Å². The van der Waals surface area contributed by atoms with E-state index in [0.717, 1.165) is 23.8 Å². The number of imide groups is 1. The van der Waals surface area contributed by atoms with E-state index in [1.807, 2.05) is 0 Å². The number of hydrogen-bond acceptors (Lipinski definition) is 4. The molecule has 0 spiro atoms. The standard InChI is InChI=1S/C18H17BrFNO4/c1-9(2)25-18(24)12-7-15(14(20)8-13(12)19)21-16(22)10-5-3-4-6-11(10)17(21)23/h7-9H,3-6H2,1-2H3. The Morgan fingerprint density at radius 3 is 2.24 bits per heavy atom. The number of halogens is 2. The average molecular weight is 410 g/mol. The highest BCUT2D eigenvalue weighted by Gasteiger charge is 2.41. The van der Waals surface area contributed by atoms with Crippen molar-refractivity contribution in [3.05, 3.63) is 39.1 Å². The molecule has 1 aromatic rings. The SMILES string of the molecule is CC(C)OC(=O)c1cc(N2C(=O)C3=C(CCCC3)C2=O)c(F)cc1Br. The quantitative estimate of drug-likeness (QED) is 0.560. The predicted octanol–water partition coefficient (Wildman–Crippen LogP) is 3.90. The smallest absolute Gasteiger partial charge is 0.339 e. The summed E-state index contributed by atoms with van der Waals surface area (Å²) in [6, 6.07) is 2.27. The minimum atomic E-state index is -0.755. The number of nitrogens with zero attached hydrogens (tertiary/aromatic N) is 1. The molecule has 1 aliphatic heterocycles. The molecule has 7 heteroatoms. The summed E-state index contributed by atoms with van der Waals surface area (Å²) >= 11 is 3.13. The van der Waals surface area contributed by atoms with Gasteiger partial charge < -0.3 is 4.74 Å². The van der Waals surface area contributed by atoms with Gasteiger partial charge in [0.05, 0.1) is 17.4 Å². The van der Waals surface area contributed by atoms with E-state index < -0.39 is 23.6 Å². The van der Waals surface area contributed by atoms with E-state index in [0.29, 0.717) is 24.0 Å². The number of benzene rings is 1. The van der Waals surface area contributed by atoms with E-state index in [1.54, 1.807) is 13.8 Å². The molecule has 0 unspecified atom stereocenters. The molecule has 0 aromatic heterocycles. The second-order valence-corrected chi connectivity index (χ2v) is 7.20. The Morgan fingerprint density at radius 1 is 1.16 bits per heavy atom. The van der Waals surface area contributed by atoms with Crippen molar-refractivity contribution in [2.24, 2.45) is 0 Å². The zero-order valence-electron chi connectivity index (χ0n) is 13.9. The number of rotatable bonds is 3. The summed E-state index contributed by atoms with van der Waals surface area (Å²) in [5.74, 6) is -2.40. The molecule has 0 saturated heterocycles. The molecular formula is C18H17BrFNO4. The Balaban J connectivity index is 2.02. The molecular weight excluding hydrogens is 393 g/mol. The van der Waals surface area contributed by atoms with Crippen LogP contribution in [0.5, 0.6) is 0 Å². The van der Waals surface area contributed by atoms with Crippen molar-refractivity contribution in [3.63, 3.8) is 0 Å². The molecule has 132 valence electrons. The van der Waals surface area contributed by atoms with Gasteiger partial charge in [0.15, 0.2) is 0 Å². The van der Waals surface area contributed by atoms with Crippen LogP contribution < -0.4 is 4.90 Å². The molecule has 1 aliphatic carbocycles. The molecule has 0 radical (unpaired) electrons. The number of hydrogen-bond donors (Lipinski definition) is 0. The fourth-order valence-electron chi connectivity index (χ4n) is 3.10. The summed E-state index contributed by atoms with van der Waals surface area (Å²) in [4.78, 5) is 38.2. The Kier molecular flexibility index (Phi) is 4.77. The summed E-state index contributed by atoms with van der Waals surface area (Å²) < 4.78 is 19.8. The van der Waals surface area contributed by atoms with Crippen LogP contribution in [0.4, 0.5) is 10.1 Å². The first-order valence-electron chi connectivity index (χ1n) is 8.12. The Labute approximate surface area is 153 Å². The van der Waals surface area contributed by atoms with Gasteiger partial charge in [0.1, 0.15) is 5.82 Å². The zero-order valence-corrected chi connectivity index (χ0v) is 15.5. The van der Waals surface area contributed by atoms with Crippen LogP contribution in [0.3, 0.4) is 0 Å². The number of amides is 2. The molecule has 5 nitrogen and oxygen atoms in total. The highest BCUT2D eigenvalue weighted by atomic mass is 79.9. The molecule has 0 fully saturated rings. The van der Waals surface area contributed by atoms with Gasteiger partial charge in [-0.15, -0.1) is 0 Å². The van der Waals surface area contributed by atoms with Crippen molar-refractivity contribution in [2.45, 2.75) is 45.6 Å². The van der Waals surface area contributed by atoms with Gasteiger partial charge in [-0.1, -0.05) is 0 Å². The van der Waals surface area contributed by atoms with E-state index in [-0.39, 0.29) is 21.8 Å². The Morgan fingerprint density at radius 2 is 1.72 bits per heavy atom. The van der Waals surface area contributed by atoms with Crippen LogP contribution in [0.15, 0.2) is 27.8 Å². The Hall–Kier alpha value is -2.02. The predicted molar refractivity (Wildman–Crippen MR) is 92.6 cm³/mol. The van der Waals surface area contributed by atoms with Crippen LogP contribution in [0, 0.1) is 5.82 Å². The first-order chi connectivity index (χ1) is 11.8. The summed E-state index contributed by atoms with van der Waals surface area (Å²) in [6.07, 6.45) is 2.37. The van der Waals surface area contributed by atoms with E-state index in [4.69, 9.17) is 4.74 Å². The van der Waals surface area contributed by atoms with E-state index in [1.165, 1.54) is 6.07 Å². The fraction of sp³-hybridized carbons (Fsp3) is 0.389. The second kappa shape index (κ2) is 6.71. The zero-order chi connectivity index (χ0) is 18.3. The normalized spacial score (nSPS) is 17.4. The van der Waals surface area contributed by atoms with Gasteiger partial charge in [-0.05, 0) is 67.6 Å². The minimum Gasteiger partial charge on any atom is -0.459 e. The van der Waals surface area contributed by atoms with Crippen LogP contribution in [-0.2, 0) is 14.3 Å². The first kappa shape index (κ1) is 17.8. The number of anilines is 1. The van der Waals surface area contributed by atoms with Crippen LogP contribution in [0.1, 0.15) is 49.9 Å². The minimum absolute atomic E-state index is 0.0653. The van der Waals surface area contributed by atoms with Gasteiger partial charge in [0.2, 0.25) is 0 Å². The lowest BCUT2D eigenvalue weighted by Crippen LogP contribution is -2.32. The summed E-state index contributed by atoms with van der Waals surface area (Å²) in [6.45, 7) is 3.39. The van der Waals surface area contributed by atoms with Crippen LogP contribution >= 0.6 is 15.9 Å². The maximum Gasteiger partial charge on any atom is 0.339 e. The lowest BCUT2D eigenvalue weighted by atomic mass is 9.93. The van der Waals surface area contributed by atoms with E-state index >= 15 is 0 Å². The first-order valence-corrected chi connectivity index (χ1v) is 8.91. The molecule has 1 aromatic carbocycles. The maximum atomic E-state index is 14.5. The van der Waals surface area contributed by atoms with Crippen LogP contribution in [0.25, 0.3) is 0 Å². The van der Waals surface area contributed by atoms with Crippen molar-refractivity contribution in [2.75, 3.05) is 4.90 Å². The monoisotopic (exact) mass is 409 g/mol. The molecule has 25 heavy (non-hydrogen) atoms. The highest BCUT2D eigenvalue weighted by molar-refractivity contribution is 9.10. The van der Waals surface area contributed by atoms with Crippen molar-refractivity contribution in [1.82, 2.24) is 0 Å². The lowest BCUT2D eigenvalue weighted by molar-refractivity contribution is -0.120. The van der Waals surface area contributed by atoms with Crippen LogP contribution in [0.2, 0.25) is 0 Å².